The van der Waals surface area contributed by atoms with Gasteiger partial charge in [-0.1, -0.05) is 32.0 Å². The molecule has 4 N–H and O–H groups in total. The SMILES string of the molecule is CC(C)C(=O)Nc1cncc(-c2ccc3[nH]nc(-c4cc5c(-c6cc(F)cc(CNS(C)(=O)=O)c6)cccc5[nH]4)c3c2)c1. The lowest BCUT2D eigenvalue weighted by molar-refractivity contribution is -0.118. The molecule has 1 amide bonds. The van der Waals surface area contributed by atoms with Gasteiger partial charge >= 0.3 is 0 Å². The van der Waals surface area contributed by atoms with Crippen molar-refractivity contribution < 1.29 is 17.6 Å². The number of hydrogen-bond donors (Lipinski definition) is 4. The van der Waals surface area contributed by atoms with Crippen LogP contribution in [-0.4, -0.2) is 40.7 Å². The Balaban J connectivity index is 1.38. The van der Waals surface area contributed by atoms with Gasteiger partial charge in [0.2, 0.25) is 15.9 Å². The van der Waals surface area contributed by atoms with Crippen molar-refractivity contribution >= 4 is 43.4 Å². The Hall–Kier alpha value is -4.87. The molecular formula is C32H29FN6O3S. The lowest BCUT2D eigenvalue weighted by atomic mass is 9.99. The quantitative estimate of drug-likeness (QED) is 0.166. The van der Waals surface area contributed by atoms with E-state index in [1.807, 2.05) is 62.4 Å². The fraction of sp³-hybridized carbons (Fsp3) is 0.156. The van der Waals surface area contributed by atoms with Crippen molar-refractivity contribution in [1.82, 2.24) is 24.9 Å². The van der Waals surface area contributed by atoms with Gasteiger partial charge in [-0.3, -0.25) is 14.9 Å². The van der Waals surface area contributed by atoms with Crippen molar-refractivity contribution in [2.45, 2.75) is 20.4 Å². The highest BCUT2D eigenvalue weighted by molar-refractivity contribution is 7.88. The van der Waals surface area contributed by atoms with Gasteiger partial charge < -0.3 is 10.3 Å². The Morgan fingerprint density at radius 1 is 0.930 bits per heavy atom. The van der Waals surface area contributed by atoms with E-state index in [2.05, 4.69) is 30.2 Å². The number of nitrogens with zero attached hydrogens (tertiary/aromatic N) is 2. The number of aromatic nitrogens is 4. The molecule has 0 aliphatic heterocycles. The number of benzene rings is 3. The molecule has 0 spiro atoms. The summed E-state index contributed by atoms with van der Waals surface area (Å²) in [4.78, 5) is 20.0. The van der Waals surface area contributed by atoms with Crippen LogP contribution in [0.4, 0.5) is 10.1 Å². The highest BCUT2D eigenvalue weighted by Crippen LogP contribution is 2.36. The normalized spacial score (nSPS) is 11.9. The van der Waals surface area contributed by atoms with Crippen LogP contribution in [-0.2, 0) is 21.4 Å². The molecule has 0 atom stereocenters. The minimum atomic E-state index is -3.43. The first-order valence-electron chi connectivity index (χ1n) is 13.6. The number of nitrogens with one attached hydrogen (secondary N) is 4. The number of H-pyrrole nitrogens is 2. The first kappa shape index (κ1) is 28.3. The average molecular weight is 597 g/mol. The molecule has 0 bridgehead atoms. The molecule has 0 unspecified atom stereocenters. The Morgan fingerprint density at radius 3 is 2.56 bits per heavy atom. The van der Waals surface area contributed by atoms with Gasteiger partial charge in [-0.15, -0.1) is 0 Å². The molecule has 3 aromatic heterocycles. The number of anilines is 1. The maximum atomic E-state index is 14.6. The summed E-state index contributed by atoms with van der Waals surface area (Å²) in [5.41, 5.74) is 7.52. The molecule has 0 aliphatic rings. The van der Waals surface area contributed by atoms with Gasteiger partial charge in [0.05, 0.1) is 29.4 Å². The molecule has 0 saturated heterocycles. The summed E-state index contributed by atoms with van der Waals surface area (Å²) in [5, 5.41) is 12.4. The van der Waals surface area contributed by atoms with E-state index < -0.39 is 15.8 Å². The van der Waals surface area contributed by atoms with Crippen LogP contribution in [0.3, 0.4) is 0 Å². The standard InChI is InChI=1S/C32H29FN6O3S/c1-18(2)32(40)36-24-12-22(16-34-17-24)20-7-8-29-27(13-20)31(39-38-29)30-14-26-25(5-4-6-28(26)37-30)21-9-19(10-23(33)11-21)15-35-43(3,41)42/h4-14,16-18,35,37H,15H2,1-3H3,(H,36,40)(H,38,39). The first-order chi connectivity index (χ1) is 20.5. The van der Waals surface area contributed by atoms with Crippen molar-refractivity contribution in [3.63, 3.8) is 0 Å². The number of rotatable bonds is 8. The minimum Gasteiger partial charge on any atom is -0.353 e. The topological polar surface area (TPSA) is 133 Å². The Kier molecular flexibility index (Phi) is 7.28. The second-order valence-electron chi connectivity index (χ2n) is 10.8. The summed E-state index contributed by atoms with van der Waals surface area (Å²) in [6.07, 6.45) is 4.44. The van der Waals surface area contributed by atoms with Crippen molar-refractivity contribution in [3.8, 4) is 33.6 Å². The molecule has 43 heavy (non-hydrogen) atoms. The Labute approximate surface area is 247 Å². The molecule has 6 rings (SSSR count). The molecule has 3 aromatic carbocycles. The number of carbonyl (C=O) groups excluding carboxylic acids is 1. The molecule has 9 nitrogen and oxygen atoms in total. The van der Waals surface area contributed by atoms with Crippen LogP contribution in [0.25, 0.3) is 55.4 Å². The van der Waals surface area contributed by atoms with Gasteiger partial charge in [0.1, 0.15) is 11.5 Å². The van der Waals surface area contributed by atoms with Crippen LogP contribution >= 0.6 is 0 Å². The molecule has 0 aliphatic carbocycles. The van der Waals surface area contributed by atoms with Gasteiger partial charge in [-0.05, 0) is 70.8 Å². The van der Waals surface area contributed by atoms with E-state index in [1.54, 1.807) is 18.5 Å². The van der Waals surface area contributed by atoms with Crippen molar-refractivity contribution in [2.75, 3.05) is 11.6 Å². The van der Waals surface area contributed by atoms with E-state index in [0.717, 1.165) is 50.4 Å². The number of carbonyl (C=O) groups is 1. The molecule has 0 fully saturated rings. The zero-order chi connectivity index (χ0) is 30.3. The smallest absolute Gasteiger partial charge is 0.226 e. The number of fused-ring (bicyclic) bond motifs is 2. The summed E-state index contributed by atoms with van der Waals surface area (Å²) in [7, 11) is -3.43. The van der Waals surface area contributed by atoms with E-state index in [0.29, 0.717) is 22.5 Å². The van der Waals surface area contributed by atoms with Gasteiger partial charge in [0.25, 0.3) is 0 Å². The van der Waals surface area contributed by atoms with Crippen LogP contribution in [0.2, 0.25) is 0 Å². The Morgan fingerprint density at radius 2 is 1.77 bits per heavy atom. The third kappa shape index (κ3) is 6.04. The van der Waals surface area contributed by atoms with Crippen molar-refractivity contribution in [3.05, 3.63) is 90.5 Å². The summed E-state index contributed by atoms with van der Waals surface area (Å²) < 4.78 is 40.2. The lowest BCUT2D eigenvalue weighted by Gasteiger charge is -2.09. The van der Waals surface area contributed by atoms with Gasteiger partial charge in [0, 0.05) is 40.5 Å². The van der Waals surface area contributed by atoms with Crippen molar-refractivity contribution in [1.29, 1.82) is 0 Å². The molecule has 218 valence electrons. The zero-order valence-corrected chi connectivity index (χ0v) is 24.5. The molecule has 0 saturated carbocycles. The van der Waals surface area contributed by atoms with Gasteiger partial charge in [-0.25, -0.2) is 17.5 Å². The van der Waals surface area contributed by atoms with E-state index in [4.69, 9.17) is 0 Å². The largest absolute Gasteiger partial charge is 0.353 e. The van der Waals surface area contributed by atoms with Crippen molar-refractivity contribution in [2.24, 2.45) is 5.92 Å². The molecule has 3 heterocycles. The van der Waals surface area contributed by atoms with Crippen LogP contribution in [0.5, 0.6) is 0 Å². The monoisotopic (exact) mass is 596 g/mol. The summed E-state index contributed by atoms with van der Waals surface area (Å²) in [6.45, 7) is 3.66. The highest BCUT2D eigenvalue weighted by Gasteiger charge is 2.16. The number of halogens is 1. The summed E-state index contributed by atoms with van der Waals surface area (Å²) in [6, 6.07) is 20.1. The second-order valence-corrected chi connectivity index (χ2v) is 12.7. The predicted octanol–water partition coefficient (Wildman–Crippen LogP) is 6.22. The predicted molar refractivity (Wildman–Crippen MR) is 167 cm³/mol. The second kappa shape index (κ2) is 11.1. The zero-order valence-electron chi connectivity index (χ0n) is 23.7. The highest BCUT2D eigenvalue weighted by atomic mass is 32.2. The minimum absolute atomic E-state index is 0.0118. The average Bonchev–Trinajstić information content (AvgIpc) is 3.59. The first-order valence-corrected chi connectivity index (χ1v) is 15.5. The molecule has 11 heteroatoms. The third-order valence-corrected chi connectivity index (χ3v) is 7.82. The van der Waals surface area contributed by atoms with E-state index in [1.165, 1.54) is 12.1 Å². The Bertz CT molecular complexity index is 2120. The van der Waals surface area contributed by atoms with Crippen LogP contribution in [0, 0.1) is 11.7 Å². The van der Waals surface area contributed by atoms with Gasteiger partial charge in [-0.2, -0.15) is 5.10 Å². The van der Waals surface area contributed by atoms with E-state index >= 15 is 0 Å². The molecular weight excluding hydrogens is 567 g/mol. The maximum absolute atomic E-state index is 14.6. The number of pyridine rings is 1. The van der Waals surface area contributed by atoms with Crippen LogP contribution in [0.1, 0.15) is 19.4 Å². The maximum Gasteiger partial charge on any atom is 0.226 e. The van der Waals surface area contributed by atoms with E-state index in [-0.39, 0.29) is 18.4 Å². The van der Waals surface area contributed by atoms with E-state index in [9.17, 15) is 17.6 Å². The number of amides is 1. The van der Waals surface area contributed by atoms with Gasteiger partial charge in [0.15, 0.2) is 0 Å². The molecule has 6 aromatic rings. The molecule has 0 radical (unpaired) electrons. The number of sulfonamides is 1. The third-order valence-electron chi connectivity index (χ3n) is 7.15. The number of hydrogen-bond acceptors (Lipinski definition) is 5. The fourth-order valence-corrected chi connectivity index (χ4v) is 5.44. The van der Waals surface area contributed by atoms with Crippen LogP contribution in [0.15, 0.2) is 79.1 Å². The fourth-order valence-electron chi connectivity index (χ4n) is 5.01. The van der Waals surface area contributed by atoms with Crippen LogP contribution < -0.4 is 10.0 Å². The summed E-state index contributed by atoms with van der Waals surface area (Å²) >= 11 is 0. The summed E-state index contributed by atoms with van der Waals surface area (Å²) in [5.74, 6) is -0.682. The lowest BCUT2D eigenvalue weighted by Crippen LogP contribution is -2.21. The number of aromatic amines is 2.